The Bertz CT molecular complexity index is 808. The van der Waals surface area contributed by atoms with E-state index >= 15 is 0 Å². The zero-order valence-corrected chi connectivity index (χ0v) is 13.5. The van der Waals surface area contributed by atoms with E-state index in [4.69, 9.17) is 11.6 Å². The van der Waals surface area contributed by atoms with Crippen LogP contribution in [-0.2, 0) is 10.0 Å². The summed E-state index contributed by atoms with van der Waals surface area (Å²) in [5, 5.41) is 10.7. The molecular weight excluding hydrogens is 382 g/mol. The highest BCUT2D eigenvalue weighted by molar-refractivity contribution is 9.10. The molecule has 21 heavy (non-hydrogen) atoms. The third-order valence-corrected chi connectivity index (χ3v) is 4.89. The smallest absolute Gasteiger partial charge is 0.263 e. The molecule has 0 fully saturated rings. The number of hydrogen-bond donors (Lipinski definition) is 1. The van der Waals surface area contributed by atoms with Crippen LogP contribution in [0.2, 0.25) is 5.02 Å². The summed E-state index contributed by atoms with van der Waals surface area (Å²) in [4.78, 5) is 10.5. The van der Waals surface area contributed by atoms with E-state index in [-0.39, 0.29) is 15.5 Å². The number of anilines is 1. The lowest BCUT2D eigenvalue weighted by atomic mass is 10.2. The molecule has 110 valence electrons. The summed E-state index contributed by atoms with van der Waals surface area (Å²) in [5.74, 6) is -1.48. The predicted octanol–water partition coefficient (Wildman–Crippen LogP) is 2.27. The maximum atomic E-state index is 12.3. The van der Waals surface area contributed by atoms with Crippen molar-refractivity contribution in [2.75, 3.05) is 4.72 Å². The van der Waals surface area contributed by atoms with Crippen molar-refractivity contribution in [3.8, 4) is 0 Å². The van der Waals surface area contributed by atoms with E-state index in [1.165, 1.54) is 12.1 Å². The minimum atomic E-state index is -4.01. The maximum Gasteiger partial charge on any atom is 0.263 e. The van der Waals surface area contributed by atoms with Crippen molar-refractivity contribution in [3.05, 3.63) is 57.5 Å². The lowest BCUT2D eigenvalue weighted by Crippen LogP contribution is -2.23. The first-order valence-electron chi connectivity index (χ1n) is 5.59. The molecule has 2 aromatic carbocycles. The third-order valence-electron chi connectivity index (χ3n) is 2.53. The average Bonchev–Trinajstić information content (AvgIpc) is 2.38. The molecule has 0 radical (unpaired) electrons. The molecule has 0 saturated heterocycles. The van der Waals surface area contributed by atoms with Gasteiger partial charge in [-0.3, -0.25) is 4.72 Å². The molecule has 0 aliphatic heterocycles. The molecule has 0 heterocycles. The minimum absolute atomic E-state index is 0.0810. The molecule has 0 spiro atoms. The molecule has 2 rings (SSSR count). The predicted molar refractivity (Wildman–Crippen MR) is 80.7 cm³/mol. The van der Waals surface area contributed by atoms with Crippen LogP contribution in [-0.4, -0.2) is 14.4 Å². The van der Waals surface area contributed by atoms with Crippen LogP contribution in [0.5, 0.6) is 0 Å². The van der Waals surface area contributed by atoms with Crippen molar-refractivity contribution < 1.29 is 18.3 Å². The Morgan fingerprint density at radius 2 is 1.90 bits per heavy atom. The fourth-order valence-electron chi connectivity index (χ4n) is 1.60. The number of carboxylic acid groups (broad SMARTS) is 1. The number of sulfonamides is 1. The summed E-state index contributed by atoms with van der Waals surface area (Å²) in [7, 11) is -4.01. The highest BCUT2D eigenvalue weighted by Crippen LogP contribution is 2.25. The average molecular weight is 390 g/mol. The fraction of sp³-hybridized carbons (Fsp3) is 0. The number of halogens is 2. The van der Waals surface area contributed by atoms with Crippen molar-refractivity contribution in [2.45, 2.75) is 4.90 Å². The zero-order valence-electron chi connectivity index (χ0n) is 10.3. The van der Waals surface area contributed by atoms with Gasteiger partial charge in [-0.2, -0.15) is 0 Å². The summed E-state index contributed by atoms with van der Waals surface area (Å²) >= 11 is 9.07. The normalized spacial score (nSPS) is 11.1. The Hall–Kier alpha value is -1.57. The van der Waals surface area contributed by atoms with E-state index < -0.39 is 16.0 Å². The van der Waals surface area contributed by atoms with E-state index in [1.807, 2.05) is 0 Å². The molecule has 1 N–H and O–H groups in total. The molecule has 0 amide bonds. The molecule has 0 unspecified atom stereocenters. The molecular formula is C13H8BrClNO4S-. The van der Waals surface area contributed by atoms with Gasteiger partial charge in [0.2, 0.25) is 0 Å². The second-order valence-corrected chi connectivity index (χ2v) is 7.02. The van der Waals surface area contributed by atoms with Crippen molar-refractivity contribution in [2.24, 2.45) is 0 Å². The molecule has 5 nitrogen and oxygen atoms in total. The van der Waals surface area contributed by atoms with Gasteiger partial charge in [-0.25, -0.2) is 8.42 Å². The van der Waals surface area contributed by atoms with Crippen LogP contribution in [0.25, 0.3) is 0 Å². The topological polar surface area (TPSA) is 86.3 Å². The van der Waals surface area contributed by atoms with Gasteiger partial charge in [-0.1, -0.05) is 39.7 Å². The van der Waals surface area contributed by atoms with Gasteiger partial charge in [0.1, 0.15) is 4.90 Å². The van der Waals surface area contributed by atoms with Crippen molar-refractivity contribution in [1.82, 2.24) is 0 Å². The van der Waals surface area contributed by atoms with Gasteiger partial charge in [0, 0.05) is 10.2 Å². The number of carboxylic acids is 1. The lowest BCUT2D eigenvalue weighted by molar-refractivity contribution is -0.255. The molecule has 0 aromatic heterocycles. The largest absolute Gasteiger partial charge is 0.545 e. The summed E-state index contributed by atoms with van der Waals surface area (Å²) in [5.41, 5.74) is 0.0494. The van der Waals surface area contributed by atoms with Gasteiger partial charge in [-0.15, -0.1) is 0 Å². The van der Waals surface area contributed by atoms with Crippen molar-refractivity contribution in [3.63, 3.8) is 0 Å². The number of aromatic carboxylic acids is 1. The van der Waals surface area contributed by atoms with Crippen LogP contribution in [0, 0.1) is 0 Å². The van der Waals surface area contributed by atoms with Crippen molar-refractivity contribution in [1.29, 1.82) is 0 Å². The summed E-state index contributed by atoms with van der Waals surface area (Å²) in [6.07, 6.45) is 0. The SMILES string of the molecule is O=C([O-])c1ccc(Cl)c(S(=O)(=O)Nc2cccc(Br)c2)c1. The van der Waals surface area contributed by atoms with E-state index in [2.05, 4.69) is 20.7 Å². The van der Waals surface area contributed by atoms with Crippen LogP contribution in [0.15, 0.2) is 51.8 Å². The standard InChI is InChI=1S/C13H9BrClNO4S/c14-9-2-1-3-10(7-9)16-21(19,20)12-6-8(13(17)18)4-5-11(12)15/h1-7,16H,(H,17,18)/p-1. The summed E-state index contributed by atoms with van der Waals surface area (Å²) in [6.45, 7) is 0. The highest BCUT2D eigenvalue weighted by atomic mass is 79.9. The number of rotatable bonds is 4. The summed E-state index contributed by atoms with van der Waals surface area (Å²) in [6, 6.07) is 9.84. The van der Waals surface area contributed by atoms with E-state index in [0.717, 1.165) is 6.07 Å². The fourth-order valence-corrected chi connectivity index (χ4v) is 3.57. The van der Waals surface area contributed by atoms with Crippen LogP contribution < -0.4 is 9.83 Å². The Kier molecular flexibility index (Phi) is 4.55. The number of carbonyl (C=O) groups is 1. The molecule has 2 aromatic rings. The van der Waals surface area contributed by atoms with Crippen molar-refractivity contribution >= 4 is 49.2 Å². The molecule has 0 aliphatic rings. The molecule has 8 heteroatoms. The monoisotopic (exact) mass is 388 g/mol. The van der Waals surface area contributed by atoms with E-state index in [0.29, 0.717) is 10.2 Å². The molecule has 0 atom stereocenters. The first-order chi connectivity index (χ1) is 9.79. The Balaban J connectivity index is 2.44. The minimum Gasteiger partial charge on any atom is -0.545 e. The number of hydrogen-bond acceptors (Lipinski definition) is 4. The number of benzene rings is 2. The summed E-state index contributed by atoms with van der Waals surface area (Å²) < 4.78 is 27.6. The molecule has 0 saturated carbocycles. The lowest BCUT2D eigenvalue weighted by Gasteiger charge is -2.11. The Morgan fingerprint density at radius 1 is 1.19 bits per heavy atom. The molecule has 0 bridgehead atoms. The van der Waals surface area contributed by atoms with Gasteiger partial charge >= 0.3 is 0 Å². The zero-order chi connectivity index (χ0) is 15.6. The number of nitrogens with one attached hydrogen (secondary N) is 1. The van der Waals surface area contributed by atoms with Gasteiger partial charge in [-0.05, 0) is 35.9 Å². The number of carbonyl (C=O) groups excluding carboxylic acids is 1. The van der Waals surface area contributed by atoms with Crippen LogP contribution in [0.1, 0.15) is 10.4 Å². The second-order valence-electron chi connectivity index (χ2n) is 4.05. The first-order valence-corrected chi connectivity index (χ1v) is 8.24. The first kappa shape index (κ1) is 15.8. The Morgan fingerprint density at radius 3 is 2.52 bits per heavy atom. The van der Waals surface area contributed by atoms with Crippen LogP contribution >= 0.6 is 27.5 Å². The van der Waals surface area contributed by atoms with Crippen LogP contribution in [0.3, 0.4) is 0 Å². The highest BCUT2D eigenvalue weighted by Gasteiger charge is 2.19. The van der Waals surface area contributed by atoms with Gasteiger partial charge in [0.15, 0.2) is 0 Å². The maximum absolute atomic E-state index is 12.3. The van der Waals surface area contributed by atoms with Gasteiger partial charge in [0.05, 0.1) is 11.0 Å². The van der Waals surface area contributed by atoms with Gasteiger partial charge < -0.3 is 9.90 Å². The van der Waals surface area contributed by atoms with Gasteiger partial charge in [0.25, 0.3) is 10.0 Å². The van der Waals surface area contributed by atoms with Crippen LogP contribution in [0.4, 0.5) is 5.69 Å². The molecule has 0 aliphatic carbocycles. The second kappa shape index (κ2) is 6.05. The Labute approximate surface area is 134 Å². The van der Waals surface area contributed by atoms with E-state index in [9.17, 15) is 18.3 Å². The third kappa shape index (κ3) is 3.75. The quantitative estimate of drug-likeness (QED) is 0.869. The van der Waals surface area contributed by atoms with E-state index in [1.54, 1.807) is 24.3 Å².